The van der Waals surface area contributed by atoms with Crippen LogP contribution in [0.5, 0.6) is 0 Å². The van der Waals surface area contributed by atoms with Gasteiger partial charge in [0.25, 0.3) is 0 Å². The number of hydrogen-bond acceptors (Lipinski definition) is 4. The molecule has 0 spiro atoms. The van der Waals surface area contributed by atoms with Crippen molar-refractivity contribution in [1.82, 2.24) is 0 Å². The van der Waals surface area contributed by atoms with Gasteiger partial charge in [0.15, 0.2) is 0 Å². The molecule has 0 aromatic heterocycles. The van der Waals surface area contributed by atoms with Gasteiger partial charge in [0.05, 0.1) is 11.4 Å². The summed E-state index contributed by atoms with van der Waals surface area (Å²) in [4.78, 5) is 2.10. The van der Waals surface area contributed by atoms with Crippen LogP contribution in [0.3, 0.4) is 0 Å². The summed E-state index contributed by atoms with van der Waals surface area (Å²) in [7, 11) is -1.81. The Morgan fingerprint density at radius 3 is 2.35 bits per heavy atom. The van der Waals surface area contributed by atoms with Gasteiger partial charge >= 0.3 is 0 Å². The second kappa shape index (κ2) is 5.61. The molecule has 0 saturated heterocycles. The lowest BCUT2D eigenvalue weighted by Gasteiger charge is -2.35. The molecular formula is C14H23N3O2S. The highest BCUT2D eigenvalue weighted by atomic mass is 32.2. The molecule has 1 aromatic rings. The van der Waals surface area contributed by atoms with E-state index < -0.39 is 10.0 Å². The summed E-state index contributed by atoms with van der Waals surface area (Å²) in [6.07, 6.45) is 4.61. The topological polar surface area (TPSA) is 89.4 Å². The molecule has 4 N–H and O–H groups in total. The minimum Gasteiger partial charge on any atom is -0.396 e. The fraction of sp³-hybridized carbons (Fsp3) is 0.571. The van der Waals surface area contributed by atoms with E-state index in [2.05, 4.69) is 11.8 Å². The summed E-state index contributed by atoms with van der Waals surface area (Å²) >= 11 is 0. The number of hydrogen-bond donors (Lipinski definition) is 2. The smallest absolute Gasteiger partial charge is 0.240 e. The predicted molar refractivity (Wildman–Crippen MR) is 82.1 cm³/mol. The summed E-state index contributed by atoms with van der Waals surface area (Å²) in [5, 5.41) is 5.20. The number of sulfonamides is 1. The van der Waals surface area contributed by atoms with Crippen LogP contribution in [0.15, 0.2) is 23.1 Å². The summed E-state index contributed by atoms with van der Waals surface area (Å²) in [5.74, 6) is 0.771. The summed E-state index contributed by atoms with van der Waals surface area (Å²) < 4.78 is 23.1. The Hall–Kier alpha value is -1.27. The Bertz CT molecular complexity index is 578. The van der Waals surface area contributed by atoms with Gasteiger partial charge in [-0.25, -0.2) is 13.6 Å². The van der Waals surface area contributed by atoms with Crippen LogP contribution in [0.2, 0.25) is 0 Å². The molecule has 0 atom stereocenters. The summed E-state index contributed by atoms with van der Waals surface area (Å²) in [5.41, 5.74) is 7.00. The van der Waals surface area contributed by atoms with Crippen LogP contribution in [0.4, 0.5) is 11.4 Å². The van der Waals surface area contributed by atoms with Crippen molar-refractivity contribution in [3.63, 3.8) is 0 Å². The monoisotopic (exact) mass is 297 g/mol. The highest BCUT2D eigenvalue weighted by Gasteiger charge is 2.24. The van der Waals surface area contributed by atoms with Gasteiger partial charge in [-0.1, -0.05) is 13.0 Å². The van der Waals surface area contributed by atoms with E-state index in [9.17, 15) is 8.42 Å². The molecule has 1 aromatic carbocycles. The molecule has 0 radical (unpaired) electrons. The third kappa shape index (κ3) is 3.07. The van der Waals surface area contributed by atoms with Gasteiger partial charge in [0, 0.05) is 13.1 Å². The van der Waals surface area contributed by atoms with E-state index >= 15 is 0 Å². The van der Waals surface area contributed by atoms with Crippen LogP contribution >= 0.6 is 0 Å². The minimum atomic E-state index is -3.78. The average Bonchev–Trinajstić information content (AvgIpc) is 2.37. The van der Waals surface area contributed by atoms with E-state index in [0.717, 1.165) is 24.4 Å². The van der Waals surface area contributed by atoms with E-state index in [-0.39, 0.29) is 10.6 Å². The molecule has 1 aliphatic carbocycles. The largest absolute Gasteiger partial charge is 0.396 e. The first-order valence-electron chi connectivity index (χ1n) is 6.95. The maximum absolute atomic E-state index is 11.5. The predicted octanol–water partition coefficient (Wildman–Crippen LogP) is 1.93. The maximum atomic E-state index is 11.5. The van der Waals surface area contributed by atoms with Crippen LogP contribution in [0.1, 0.15) is 32.6 Å². The lowest BCUT2D eigenvalue weighted by molar-refractivity contribution is 0.341. The molecule has 2 rings (SSSR count). The molecule has 112 valence electrons. The Kier molecular flexibility index (Phi) is 4.25. The van der Waals surface area contributed by atoms with Crippen molar-refractivity contribution >= 4 is 21.4 Å². The normalized spacial score (nSPS) is 23.6. The molecular weight excluding hydrogens is 274 g/mol. The molecule has 5 nitrogen and oxygen atoms in total. The van der Waals surface area contributed by atoms with Crippen molar-refractivity contribution in [2.45, 2.75) is 43.5 Å². The number of nitrogens with two attached hydrogens (primary N) is 2. The van der Waals surface area contributed by atoms with E-state index in [1.165, 1.54) is 18.9 Å². The van der Waals surface area contributed by atoms with Gasteiger partial charge in [-0.3, -0.25) is 0 Å². The van der Waals surface area contributed by atoms with Crippen LogP contribution in [0, 0.1) is 5.92 Å². The molecule has 1 fully saturated rings. The fourth-order valence-electron chi connectivity index (χ4n) is 2.91. The third-order valence-corrected chi connectivity index (χ3v) is 5.23. The van der Waals surface area contributed by atoms with E-state index in [4.69, 9.17) is 10.9 Å². The number of para-hydroxylation sites is 1. The number of primary sulfonamides is 1. The quantitative estimate of drug-likeness (QED) is 0.834. The second-order valence-electron chi connectivity index (χ2n) is 5.76. The molecule has 20 heavy (non-hydrogen) atoms. The molecule has 0 aliphatic heterocycles. The zero-order chi connectivity index (χ0) is 14.9. The molecule has 0 heterocycles. The van der Waals surface area contributed by atoms with Crippen molar-refractivity contribution in [2.75, 3.05) is 17.7 Å². The van der Waals surface area contributed by atoms with Crippen LogP contribution in [-0.2, 0) is 10.0 Å². The standard InChI is InChI=1S/C14H23N3O2S/c1-10-6-8-11(9-7-10)17(2)12-4-3-5-13(14(12)15)20(16,18)19/h3-5,10-11H,6-9,15H2,1-2H3,(H2,16,18,19). The Morgan fingerprint density at radius 1 is 1.20 bits per heavy atom. The van der Waals surface area contributed by atoms with Crippen LogP contribution in [0.25, 0.3) is 0 Å². The van der Waals surface area contributed by atoms with Gasteiger partial charge in [-0.15, -0.1) is 0 Å². The third-order valence-electron chi connectivity index (χ3n) is 4.26. The summed E-state index contributed by atoms with van der Waals surface area (Å²) in [6, 6.07) is 5.39. The zero-order valence-electron chi connectivity index (χ0n) is 12.0. The summed E-state index contributed by atoms with van der Waals surface area (Å²) in [6.45, 7) is 2.27. The van der Waals surface area contributed by atoms with Crippen LogP contribution in [-0.4, -0.2) is 21.5 Å². The number of nitrogen functional groups attached to an aromatic ring is 1. The second-order valence-corrected chi connectivity index (χ2v) is 7.29. The SMILES string of the molecule is CC1CCC(N(C)c2cccc(S(N)(=O)=O)c2N)CC1. The number of benzene rings is 1. The number of nitrogens with zero attached hydrogens (tertiary/aromatic N) is 1. The Balaban J connectivity index is 2.29. The van der Waals surface area contributed by atoms with Gasteiger partial charge in [-0.2, -0.15) is 0 Å². The molecule has 0 amide bonds. The van der Waals surface area contributed by atoms with Gasteiger partial charge in [0.1, 0.15) is 4.90 Å². The van der Waals surface area contributed by atoms with Gasteiger partial charge < -0.3 is 10.6 Å². The highest BCUT2D eigenvalue weighted by Crippen LogP contribution is 2.34. The Labute approximate surface area is 121 Å². The van der Waals surface area contributed by atoms with Crippen molar-refractivity contribution in [2.24, 2.45) is 11.1 Å². The molecule has 1 saturated carbocycles. The van der Waals surface area contributed by atoms with Crippen molar-refractivity contribution < 1.29 is 8.42 Å². The molecule has 6 heteroatoms. The van der Waals surface area contributed by atoms with Gasteiger partial charge in [0.2, 0.25) is 10.0 Å². The van der Waals surface area contributed by atoms with Crippen molar-refractivity contribution in [3.8, 4) is 0 Å². The molecule has 0 bridgehead atoms. The van der Waals surface area contributed by atoms with Crippen molar-refractivity contribution in [1.29, 1.82) is 0 Å². The minimum absolute atomic E-state index is 0.00558. The number of anilines is 2. The fourth-order valence-corrected chi connectivity index (χ4v) is 3.59. The first kappa shape index (κ1) is 15.1. The lowest BCUT2D eigenvalue weighted by atomic mass is 9.86. The highest BCUT2D eigenvalue weighted by molar-refractivity contribution is 7.89. The van der Waals surface area contributed by atoms with Crippen molar-refractivity contribution in [3.05, 3.63) is 18.2 Å². The number of rotatable bonds is 3. The first-order valence-corrected chi connectivity index (χ1v) is 8.49. The van der Waals surface area contributed by atoms with E-state index in [1.807, 2.05) is 13.1 Å². The molecule has 1 aliphatic rings. The maximum Gasteiger partial charge on any atom is 0.240 e. The Morgan fingerprint density at radius 2 is 1.80 bits per heavy atom. The average molecular weight is 297 g/mol. The van der Waals surface area contributed by atoms with E-state index in [1.54, 1.807) is 6.07 Å². The zero-order valence-corrected chi connectivity index (χ0v) is 12.9. The van der Waals surface area contributed by atoms with Gasteiger partial charge in [-0.05, 0) is 43.7 Å². The molecule has 0 unspecified atom stereocenters. The lowest BCUT2D eigenvalue weighted by Crippen LogP contribution is -2.35. The van der Waals surface area contributed by atoms with E-state index in [0.29, 0.717) is 6.04 Å². The van der Waals surface area contributed by atoms with Crippen LogP contribution < -0.4 is 15.8 Å². The first-order chi connectivity index (χ1) is 9.30.